The van der Waals surface area contributed by atoms with Crippen LogP contribution in [0.1, 0.15) is 5.56 Å². The first-order valence-electron chi connectivity index (χ1n) is 8.22. The molecule has 3 aromatic rings. The van der Waals surface area contributed by atoms with E-state index in [1.54, 1.807) is 23.9 Å². The molecule has 0 atom stereocenters. The van der Waals surface area contributed by atoms with E-state index < -0.39 is 5.97 Å². The SMILES string of the molecule is COc1ccc(-c2nn(-c3ccccc3)cc2/C=C/C(=O)OCC#N)cc1. The molecule has 0 amide bonds. The fourth-order valence-electron chi connectivity index (χ4n) is 2.50. The fourth-order valence-corrected chi connectivity index (χ4v) is 2.50. The minimum atomic E-state index is -0.579. The second-order valence-electron chi connectivity index (χ2n) is 5.54. The molecular weight excluding hydrogens is 342 g/mol. The Balaban J connectivity index is 1.98. The van der Waals surface area contributed by atoms with Crippen LogP contribution in [0.25, 0.3) is 23.0 Å². The van der Waals surface area contributed by atoms with Gasteiger partial charge in [0.2, 0.25) is 0 Å². The Morgan fingerprint density at radius 3 is 2.59 bits per heavy atom. The van der Waals surface area contributed by atoms with Crippen LogP contribution in [0.4, 0.5) is 0 Å². The van der Waals surface area contributed by atoms with Gasteiger partial charge < -0.3 is 9.47 Å². The molecule has 0 bridgehead atoms. The summed E-state index contributed by atoms with van der Waals surface area (Å²) in [4.78, 5) is 11.7. The van der Waals surface area contributed by atoms with Gasteiger partial charge in [0.25, 0.3) is 0 Å². The predicted octanol–water partition coefficient (Wildman–Crippen LogP) is 3.63. The third-order valence-corrected chi connectivity index (χ3v) is 3.80. The highest BCUT2D eigenvalue weighted by Gasteiger charge is 2.11. The van der Waals surface area contributed by atoms with Crippen LogP contribution in [-0.4, -0.2) is 29.5 Å². The number of nitrogens with zero attached hydrogens (tertiary/aromatic N) is 3. The minimum absolute atomic E-state index is 0.280. The average Bonchev–Trinajstić information content (AvgIpc) is 3.15. The van der Waals surface area contributed by atoms with Crippen molar-refractivity contribution in [2.45, 2.75) is 0 Å². The second kappa shape index (κ2) is 8.50. The molecule has 0 unspecified atom stereocenters. The first kappa shape index (κ1) is 18.0. The predicted molar refractivity (Wildman–Crippen MR) is 101 cm³/mol. The van der Waals surface area contributed by atoms with Crippen molar-refractivity contribution in [3.8, 4) is 28.8 Å². The second-order valence-corrected chi connectivity index (χ2v) is 5.54. The van der Waals surface area contributed by atoms with Crippen LogP contribution in [0.3, 0.4) is 0 Å². The van der Waals surface area contributed by atoms with Gasteiger partial charge in [-0.15, -0.1) is 0 Å². The van der Waals surface area contributed by atoms with E-state index in [4.69, 9.17) is 14.7 Å². The molecular formula is C21H17N3O3. The largest absolute Gasteiger partial charge is 0.497 e. The summed E-state index contributed by atoms with van der Waals surface area (Å²) >= 11 is 0. The van der Waals surface area contributed by atoms with Gasteiger partial charge in [0.05, 0.1) is 18.5 Å². The van der Waals surface area contributed by atoms with Crippen molar-refractivity contribution in [3.05, 3.63) is 72.4 Å². The first-order valence-corrected chi connectivity index (χ1v) is 8.22. The maximum absolute atomic E-state index is 11.7. The standard InChI is InChI=1S/C21H17N3O3/c1-26-19-10-7-16(8-11-19)21-17(9-12-20(25)27-14-13-22)15-24(23-21)18-5-3-2-4-6-18/h2-12,15H,14H2,1H3/b12-9+. The van der Waals surface area contributed by atoms with Crippen molar-refractivity contribution >= 4 is 12.0 Å². The highest BCUT2D eigenvalue weighted by Crippen LogP contribution is 2.26. The molecule has 1 heterocycles. The number of carbonyl (C=O) groups excluding carboxylic acids is 1. The van der Waals surface area contributed by atoms with E-state index >= 15 is 0 Å². The molecule has 2 aromatic carbocycles. The summed E-state index contributed by atoms with van der Waals surface area (Å²) in [5, 5.41) is 13.2. The van der Waals surface area contributed by atoms with Gasteiger partial charge in [-0.2, -0.15) is 10.4 Å². The summed E-state index contributed by atoms with van der Waals surface area (Å²) in [5.74, 6) is 0.170. The molecule has 6 nitrogen and oxygen atoms in total. The Bertz CT molecular complexity index is 984. The molecule has 0 spiro atoms. The molecule has 0 N–H and O–H groups in total. The van der Waals surface area contributed by atoms with Gasteiger partial charge in [-0.25, -0.2) is 9.48 Å². The number of benzene rings is 2. The van der Waals surface area contributed by atoms with E-state index in [-0.39, 0.29) is 6.61 Å². The normalized spacial score (nSPS) is 10.5. The van der Waals surface area contributed by atoms with Crippen LogP contribution in [0.5, 0.6) is 5.75 Å². The van der Waals surface area contributed by atoms with Gasteiger partial charge in [-0.3, -0.25) is 0 Å². The number of rotatable bonds is 6. The highest BCUT2D eigenvalue weighted by atomic mass is 16.5. The van der Waals surface area contributed by atoms with Crippen LogP contribution < -0.4 is 4.74 Å². The number of aromatic nitrogens is 2. The van der Waals surface area contributed by atoms with E-state index in [0.29, 0.717) is 5.69 Å². The Hall–Kier alpha value is -3.85. The number of ether oxygens (including phenoxy) is 2. The molecule has 6 heteroatoms. The monoisotopic (exact) mass is 359 g/mol. The summed E-state index contributed by atoms with van der Waals surface area (Å²) in [7, 11) is 1.61. The van der Waals surface area contributed by atoms with E-state index in [1.807, 2.05) is 60.8 Å². The molecule has 0 saturated carbocycles. The lowest BCUT2D eigenvalue weighted by atomic mass is 10.1. The molecule has 0 saturated heterocycles. The maximum atomic E-state index is 11.7. The summed E-state index contributed by atoms with van der Waals surface area (Å²) < 4.78 is 11.7. The number of nitriles is 1. The zero-order valence-corrected chi connectivity index (χ0v) is 14.7. The molecule has 0 radical (unpaired) electrons. The van der Waals surface area contributed by atoms with E-state index in [2.05, 4.69) is 5.10 Å². The number of methoxy groups -OCH3 is 1. The third kappa shape index (κ3) is 4.41. The summed E-state index contributed by atoms with van der Waals surface area (Å²) in [6.07, 6.45) is 4.76. The van der Waals surface area contributed by atoms with Gasteiger partial charge >= 0.3 is 5.97 Å². The van der Waals surface area contributed by atoms with Gasteiger partial charge in [0.1, 0.15) is 11.8 Å². The molecule has 0 fully saturated rings. The van der Waals surface area contributed by atoms with E-state index in [1.165, 1.54) is 6.08 Å². The van der Waals surface area contributed by atoms with Crippen LogP contribution in [0.2, 0.25) is 0 Å². The molecule has 0 aliphatic heterocycles. The van der Waals surface area contributed by atoms with E-state index in [9.17, 15) is 4.79 Å². The van der Waals surface area contributed by atoms with Gasteiger partial charge in [0, 0.05) is 23.4 Å². The van der Waals surface area contributed by atoms with Crippen LogP contribution in [0.15, 0.2) is 66.9 Å². The van der Waals surface area contributed by atoms with Crippen LogP contribution >= 0.6 is 0 Å². The molecule has 1 aromatic heterocycles. The fraction of sp³-hybridized carbons (Fsp3) is 0.0952. The number of carbonyl (C=O) groups is 1. The van der Waals surface area contributed by atoms with E-state index in [0.717, 1.165) is 22.6 Å². The first-order chi connectivity index (χ1) is 13.2. The number of hydrogen-bond donors (Lipinski definition) is 0. The highest BCUT2D eigenvalue weighted by molar-refractivity contribution is 5.88. The Morgan fingerprint density at radius 2 is 1.93 bits per heavy atom. The van der Waals surface area contributed by atoms with Gasteiger partial charge in [-0.1, -0.05) is 18.2 Å². The molecule has 3 rings (SSSR count). The maximum Gasteiger partial charge on any atom is 0.331 e. The Kier molecular flexibility index (Phi) is 5.65. The summed E-state index contributed by atoms with van der Waals surface area (Å²) in [6.45, 7) is -0.280. The molecule has 0 aliphatic rings. The zero-order chi connectivity index (χ0) is 19.1. The van der Waals surface area contributed by atoms with Gasteiger partial charge in [0.15, 0.2) is 6.61 Å². The quantitative estimate of drug-likeness (QED) is 0.496. The number of esters is 1. The van der Waals surface area contributed by atoms with Crippen molar-refractivity contribution in [1.82, 2.24) is 9.78 Å². The molecule has 134 valence electrons. The lowest BCUT2D eigenvalue weighted by Crippen LogP contribution is -1.99. The number of para-hydroxylation sites is 1. The zero-order valence-electron chi connectivity index (χ0n) is 14.7. The van der Waals surface area contributed by atoms with Crippen molar-refractivity contribution < 1.29 is 14.3 Å². The molecule has 0 aliphatic carbocycles. The third-order valence-electron chi connectivity index (χ3n) is 3.80. The number of hydrogen-bond acceptors (Lipinski definition) is 5. The Morgan fingerprint density at radius 1 is 1.19 bits per heavy atom. The topological polar surface area (TPSA) is 77.1 Å². The van der Waals surface area contributed by atoms with Crippen LogP contribution in [-0.2, 0) is 9.53 Å². The Labute approximate surface area is 156 Å². The van der Waals surface area contributed by atoms with Crippen molar-refractivity contribution in [2.75, 3.05) is 13.7 Å². The summed E-state index contributed by atoms with van der Waals surface area (Å²) in [6, 6.07) is 19.0. The van der Waals surface area contributed by atoms with Crippen molar-refractivity contribution in [1.29, 1.82) is 5.26 Å². The van der Waals surface area contributed by atoms with Gasteiger partial charge in [-0.05, 0) is 42.5 Å². The molecule has 27 heavy (non-hydrogen) atoms. The smallest absolute Gasteiger partial charge is 0.331 e. The minimum Gasteiger partial charge on any atom is -0.497 e. The van der Waals surface area contributed by atoms with Crippen molar-refractivity contribution in [2.24, 2.45) is 0 Å². The lowest BCUT2D eigenvalue weighted by molar-refractivity contribution is -0.136. The van der Waals surface area contributed by atoms with Crippen molar-refractivity contribution in [3.63, 3.8) is 0 Å². The van der Waals surface area contributed by atoms with Crippen LogP contribution in [0, 0.1) is 11.3 Å². The summed E-state index contributed by atoms with van der Waals surface area (Å²) in [5.41, 5.74) is 3.25. The average molecular weight is 359 g/mol. The lowest BCUT2D eigenvalue weighted by Gasteiger charge is -2.02.